The van der Waals surface area contributed by atoms with Crippen LogP contribution in [0.2, 0.25) is 0 Å². The average Bonchev–Trinajstić information content (AvgIpc) is 2.85. The third kappa shape index (κ3) is 1.57. The van der Waals surface area contributed by atoms with Crippen LogP contribution in [0.25, 0.3) is 0 Å². The molecule has 8 heteroatoms. The molecule has 1 saturated heterocycles. The minimum Gasteiger partial charge on any atom is -0.453 e. The summed E-state index contributed by atoms with van der Waals surface area (Å²) in [6.07, 6.45) is 0.587. The highest BCUT2D eigenvalue weighted by atomic mass is 32.2. The van der Waals surface area contributed by atoms with Gasteiger partial charge in [0.05, 0.1) is 11.5 Å². The maximum atomic E-state index is 11.6. The van der Waals surface area contributed by atoms with E-state index < -0.39 is 24.5 Å². The average molecular weight is 272 g/mol. The molecule has 1 fully saturated rings. The van der Waals surface area contributed by atoms with Crippen molar-refractivity contribution in [3.05, 3.63) is 16.6 Å². The second-order valence-electron chi connectivity index (χ2n) is 4.13. The maximum absolute atomic E-state index is 11.6. The van der Waals surface area contributed by atoms with E-state index in [0.29, 0.717) is 4.90 Å². The zero-order chi connectivity index (χ0) is 12.9. The molecule has 18 heavy (non-hydrogen) atoms. The highest BCUT2D eigenvalue weighted by molar-refractivity contribution is 7.98. The van der Waals surface area contributed by atoms with Gasteiger partial charge in [0.2, 0.25) is 0 Å². The number of hydrogen-bond acceptors (Lipinski definition) is 7. The van der Waals surface area contributed by atoms with E-state index in [1.807, 2.05) is 0 Å². The predicted octanol–water partition coefficient (Wildman–Crippen LogP) is -1.02. The minimum absolute atomic E-state index is 0.142. The van der Waals surface area contributed by atoms with Gasteiger partial charge in [-0.2, -0.15) is 4.98 Å². The standard InChI is InChI=1S/C10H12N2O5S/c1-18-5-2-12-9-7(6(14)4(3-13)16-9)17-10(12)11-8(5)15/h2,4,6-7,9,13-14H,3H2,1H3/t4-,6-,7+,9-/m1/s1. The smallest absolute Gasteiger partial charge is 0.302 e. The molecule has 7 nitrogen and oxygen atoms in total. The molecule has 2 aliphatic heterocycles. The Morgan fingerprint density at radius 3 is 3.06 bits per heavy atom. The van der Waals surface area contributed by atoms with Gasteiger partial charge in [0.25, 0.3) is 5.56 Å². The van der Waals surface area contributed by atoms with Crippen LogP contribution >= 0.6 is 11.8 Å². The highest BCUT2D eigenvalue weighted by Gasteiger charge is 2.51. The summed E-state index contributed by atoms with van der Waals surface area (Å²) in [7, 11) is 0. The molecule has 0 unspecified atom stereocenters. The summed E-state index contributed by atoms with van der Waals surface area (Å²) in [6, 6.07) is 0.142. The van der Waals surface area contributed by atoms with Gasteiger partial charge in [-0.25, -0.2) is 0 Å². The fourth-order valence-corrected chi connectivity index (χ4v) is 2.63. The van der Waals surface area contributed by atoms with Gasteiger partial charge in [-0.15, -0.1) is 11.8 Å². The number of rotatable bonds is 2. The molecule has 0 bridgehead atoms. The van der Waals surface area contributed by atoms with Gasteiger partial charge >= 0.3 is 6.01 Å². The quantitative estimate of drug-likeness (QED) is 0.665. The molecule has 1 aromatic heterocycles. The van der Waals surface area contributed by atoms with Crippen molar-refractivity contribution in [1.82, 2.24) is 9.55 Å². The van der Waals surface area contributed by atoms with Crippen molar-refractivity contribution in [2.45, 2.75) is 29.4 Å². The Morgan fingerprint density at radius 1 is 1.61 bits per heavy atom. The number of aromatic nitrogens is 2. The lowest BCUT2D eigenvalue weighted by Crippen LogP contribution is -2.34. The van der Waals surface area contributed by atoms with Gasteiger partial charge in [-0.05, 0) is 6.26 Å². The number of nitrogens with zero attached hydrogens (tertiary/aromatic N) is 2. The van der Waals surface area contributed by atoms with Crippen molar-refractivity contribution >= 4 is 11.8 Å². The molecule has 0 spiro atoms. The summed E-state index contributed by atoms with van der Waals surface area (Å²) in [5.41, 5.74) is -0.359. The lowest BCUT2D eigenvalue weighted by atomic mass is 10.1. The Balaban J connectivity index is 2.01. The molecule has 2 N–H and O–H groups in total. The van der Waals surface area contributed by atoms with Crippen LogP contribution in [0.3, 0.4) is 0 Å². The maximum Gasteiger partial charge on any atom is 0.302 e. The Bertz CT molecular complexity index is 533. The Morgan fingerprint density at radius 2 is 2.39 bits per heavy atom. The Hall–Kier alpha value is -1.09. The van der Waals surface area contributed by atoms with Gasteiger partial charge in [-0.3, -0.25) is 9.36 Å². The van der Waals surface area contributed by atoms with E-state index in [9.17, 15) is 9.90 Å². The van der Waals surface area contributed by atoms with E-state index in [-0.39, 0.29) is 18.2 Å². The lowest BCUT2D eigenvalue weighted by Gasteiger charge is -2.14. The molecule has 0 aromatic carbocycles. The minimum atomic E-state index is -0.936. The predicted molar refractivity (Wildman–Crippen MR) is 61.7 cm³/mol. The molecular weight excluding hydrogens is 260 g/mol. The van der Waals surface area contributed by atoms with E-state index in [4.69, 9.17) is 14.6 Å². The number of hydrogen-bond donors (Lipinski definition) is 2. The highest BCUT2D eigenvalue weighted by Crippen LogP contribution is 2.39. The molecule has 98 valence electrons. The third-order valence-electron chi connectivity index (χ3n) is 3.11. The van der Waals surface area contributed by atoms with Gasteiger partial charge < -0.3 is 19.7 Å². The van der Waals surface area contributed by atoms with E-state index in [1.165, 1.54) is 11.8 Å². The molecule has 0 radical (unpaired) electrons. The molecule has 0 aliphatic carbocycles. The van der Waals surface area contributed by atoms with Crippen LogP contribution in [0.4, 0.5) is 0 Å². The van der Waals surface area contributed by atoms with Crippen LogP contribution in [-0.2, 0) is 4.74 Å². The first-order chi connectivity index (χ1) is 8.65. The van der Waals surface area contributed by atoms with Crippen LogP contribution in [0.1, 0.15) is 6.23 Å². The van der Waals surface area contributed by atoms with E-state index in [1.54, 1.807) is 17.0 Å². The normalized spacial score (nSPS) is 33.1. The first-order valence-electron chi connectivity index (χ1n) is 5.44. The van der Waals surface area contributed by atoms with Crippen molar-refractivity contribution in [2.75, 3.05) is 12.9 Å². The SMILES string of the molecule is CSc1cn2c(nc1=O)O[C@H]1[C@H](O)[C@@H](CO)O[C@H]12. The molecule has 4 atom stereocenters. The number of aliphatic hydroxyl groups excluding tert-OH is 2. The van der Waals surface area contributed by atoms with E-state index in [0.717, 1.165) is 0 Å². The van der Waals surface area contributed by atoms with Crippen molar-refractivity contribution in [3.63, 3.8) is 0 Å². The third-order valence-corrected chi connectivity index (χ3v) is 3.83. The first-order valence-corrected chi connectivity index (χ1v) is 6.66. The summed E-state index contributed by atoms with van der Waals surface area (Å²) < 4.78 is 12.5. The van der Waals surface area contributed by atoms with E-state index in [2.05, 4.69) is 4.98 Å². The lowest BCUT2D eigenvalue weighted by molar-refractivity contribution is -0.0436. The molecule has 0 saturated carbocycles. The molecule has 3 heterocycles. The van der Waals surface area contributed by atoms with Gasteiger partial charge in [0.15, 0.2) is 12.3 Å². The van der Waals surface area contributed by atoms with Gasteiger partial charge in [0.1, 0.15) is 12.2 Å². The fraction of sp³-hybridized carbons (Fsp3) is 0.600. The fourth-order valence-electron chi connectivity index (χ4n) is 2.19. The summed E-state index contributed by atoms with van der Waals surface area (Å²) in [6.45, 7) is -0.282. The van der Waals surface area contributed by atoms with Crippen molar-refractivity contribution in [3.8, 4) is 6.01 Å². The zero-order valence-corrected chi connectivity index (χ0v) is 10.3. The van der Waals surface area contributed by atoms with Crippen LogP contribution in [0, 0.1) is 0 Å². The van der Waals surface area contributed by atoms with Crippen molar-refractivity contribution < 1.29 is 19.7 Å². The second kappa shape index (κ2) is 4.23. The van der Waals surface area contributed by atoms with Crippen LogP contribution in [-0.4, -0.2) is 50.9 Å². The number of fused-ring (bicyclic) bond motifs is 3. The van der Waals surface area contributed by atoms with Crippen LogP contribution < -0.4 is 10.3 Å². The summed E-state index contributed by atoms with van der Waals surface area (Å²) in [4.78, 5) is 15.8. The largest absolute Gasteiger partial charge is 0.453 e. The molecule has 0 amide bonds. The molecule has 3 rings (SSSR count). The second-order valence-corrected chi connectivity index (χ2v) is 4.97. The Labute approximate surface area is 106 Å². The van der Waals surface area contributed by atoms with Gasteiger partial charge in [0, 0.05) is 6.20 Å². The van der Waals surface area contributed by atoms with E-state index >= 15 is 0 Å². The molecular formula is C10H12N2O5S. The number of thioether (sulfide) groups is 1. The first kappa shape index (κ1) is 12.0. The molecule has 1 aromatic rings. The zero-order valence-electron chi connectivity index (χ0n) is 9.52. The summed E-state index contributed by atoms with van der Waals surface area (Å²) in [5, 5.41) is 19.0. The Kier molecular flexibility index (Phi) is 2.81. The number of ether oxygens (including phenoxy) is 2. The summed E-state index contributed by atoms with van der Waals surface area (Å²) >= 11 is 1.28. The van der Waals surface area contributed by atoms with Gasteiger partial charge in [-0.1, -0.05) is 0 Å². The topological polar surface area (TPSA) is 93.8 Å². The van der Waals surface area contributed by atoms with Crippen molar-refractivity contribution in [1.29, 1.82) is 0 Å². The van der Waals surface area contributed by atoms with Crippen LogP contribution in [0.15, 0.2) is 15.9 Å². The van der Waals surface area contributed by atoms with Crippen LogP contribution in [0.5, 0.6) is 6.01 Å². The molecule has 2 aliphatic rings. The van der Waals surface area contributed by atoms with Crippen molar-refractivity contribution in [2.24, 2.45) is 0 Å². The monoisotopic (exact) mass is 272 g/mol. The number of aliphatic hydroxyl groups is 2. The summed E-state index contributed by atoms with van der Waals surface area (Å²) in [5.74, 6) is 0.